The summed E-state index contributed by atoms with van der Waals surface area (Å²) < 4.78 is 27.2. The third-order valence-corrected chi connectivity index (χ3v) is 5.28. The third kappa shape index (κ3) is 2.54. The number of rotatable bonds is 3. The average molecular weight is 298 g/mol. The molecule has 1 aromatic carbocycles. The Morgan fingerprint density at radius 3 is 2.53 bits per heavy atom. The molecule has 0 unspecified atom stereocenters. The summed E-state index contributed by atoms with van der Waals surface area (Å²) in [5.41, 5.74) is 9.82. The summed E-state index contributed by atoms with van der Waals surface area (Å²) in [6.07, 6.45) is 0. The minimum atomic E-state index is -3.71. The number of nitrogens with zero attached hydrogens (tertiary/aromatic N) is 2. The number of nitrogens with one attached hydrogen (secondary N) is 1. The summed E-state index contributed by atoms with van der Waals surface area (Å²) >= 11 is 1.12. The molecule has 0 fully saturated rings. The molecule has 102 valence electrons. The highest BCUT2D eigenvalue weighted by Gasteiger charge is 2.23. The molecule has 8 heteroatoms. The van der Waals surface area contributed by atoms with Crippen LogP contribution < -0.4 is 10.5 Å². The Kier molecular flexibility index (Phi) is 3.46. The van der Waals surface area contributed by atoms with Gasteiger partial charge in [0.05, 0.1) is 4.90 Å². The number of anilines is 2. The van der Waals surface area contributed by atoms with Gasteiger partial charge in [-0.1, -0.05) is 11.3 Å². The smallest absolute Gasteiger partial charge is 0.264 e. The second-order valence-corrected chi connectivity index (χ2v) is 6.66. The summed E-state index contributed by atoms with van der Waals surface area (Å²) in [6.45, 7) is 5.28. The molecule has 2 aromatic rings. The van der Waals surface area contributed by atoms with Gasteiger partial charge in [0.2, 0.25) is 5.13 Å². The number of sulfonamides is 1. The summed E-state index contributed by atoms with van der Waals surface area (Å²) in [5.74, 6) is 0. The van der Waals surface area contributed by atoms with E-state index in [1.54, 1.807) is 19.9 Å². The van der Waals surface area contributed by atoms with E-state index in [0.29, 0.717) is 16.8 Å². The number of benzene rings is 1. The predicted octanol–water partition coefficient (Wildman–Crippen LogP) is 1.85. The van der Waals surface area contributed by atoms with E-state index in [9.17, 15) is 8.42 Å². The molecule has 0 saturated carbocycles. The highest BCUT2D eigenvalue weighted by molar-refractivity contribution is 7.93. The summed E-state index contributed by atoms with van der Waals surface area (Å²) in [5, 5.41) is 7.51. The van der Waals surface area contributed by atoms with Crippen molar-refractivity contribution in [3.63, 3.8) is 0 Å². The van der Waals surface area contributed by atoms with Gasteiger partial charge in [-0.15, -0.1) is 10.2 Å². The van der Waals surface area contributed by atoms with E-state index < -0.39 is 10.0 Å². The van der Waals surface area contributed by atoms with Crippen LogP contribution in [0.15, 0.2) is 16.5 Å². The number of aryl methyl sites for hydroxylation is 1. The molecule has 0 spiro atoms. The first-order valence-electron chi connectivity index (χ1n) is 5.48. The topological polar surface area (TPSA) is 98.0 Å². The SMILES string of the molecule is Cc1cc(N)c(C)c(S(=O)(=O)Nc2nncs2)c1C. The Balaban J connectivity index is 2.58. The molecule has 1 heterocycles. The number of nitrogens with two attached hydrogens (primary N) is 1. The molecule has 0 aliphatic carbocycles. The predicted molar refractivity (Wildman–Crippen MR) is 75.8 cm³/mol. The van der Waals surface area contributed by atoms with Crippen LogP contribution in [-0.2, 0) is 10.0 Å². The highest BCUT2D eigenvalue weighted by Crippen LogP contribution is 2.29. The van der Waals surface area contributed by atoms with Crippen molar-refractivity contribution in [2.75, 3.05) is 10.5 Å². The molecule has 6 nitrogen and oxygen atoms in total. The fourth-order valence-electron chi connectivity index (χ4n) is 1.83. The molecular formula is C11H14N4O2S2. The maximum absolute atomic E-state index is 12.4. The lowest BCUT2D eigenvalue weighted by atomic mass is 10.1. The number of aromatic nitrogens is 2. The highest BCUT2D eigenvalue weighted by atomic mass is 32.2. The molecule has 0 aliphatic heterocycles. The van der Waals surface area contributed by atoms with Gasteiger partial charge in [-0.2, -0.15) is 0 Å². The van der Waals surface area contributed by atoms with Gasteiger partial charge >= 0.3 is 0 Å². The first-order chi connectivity index (χ1) is 8.83. The molecular weight excluding hydrogens is 284 g/mol. The fourth-order valence-corrected chi connectivity index (χ4v) is 4.10. The lowest BCUT2D eigenvalue weighted by molar-refractivity contribution is 0.600. The molecule has 2 rings (SSSR count). The number of nitrogen functional groups attached to an aromatic ring is 1. The van der Waals surface area contributed by atoms with Crippen molar-refractivity contribution in [2.45, 2.75) is 25.7 Å². The standard InChI is InChI=1S/C11H14N4O2S2/c1-6-4-9(12)8(3)10(7(6)2)19(16,17)15-11-14-13-5-18-11/h4-5H,12H2,1-3H3,(H,14,15). The van der Waals surface area contributed by atoms with Crippen molar-refractivity contribution < 1.29 is 8.42 Å². The molecule has 1 aromatic heterocycles. The quantitative estimate of drug-likeness (QED) is 0.843. The van der Waals surface area contributed by atoms with Gasteiger partial charge in [-0.05, 0) is 43.5 Å². The fraction of sp³-hybridized carbons (Fsp3) is 0.273. The van der Waals surface area contributed by atoms with Crippen molar-refractivity contribution in [3.8, 4) is 0 Å². The van der Waals surface area contributed by atoms with Crippen LogP contribution in [0.2, 0.25) is 0 Å². The molecule has 19 heavy (non-hydrogen) atoms. The first-order valence-corrected chi connectivity index (χ1v) is 7.84. The number of hydrogen-bond acceptors (Lipinski definition) is 6. The Labute approximate surface area is 115 Å². The van der Waals surface area contributed by atoms with Crippen molar-refractivity contribution >= 4 is 32.2 Å². The maximum atomic E-state index is 12.4. The van der Waals surface area contributed by atoms with Crippen molar-refractivity contribution in [3.05, 3.63) is 28.3 Å². The maximum Gasteiger partial charge on any atom is 0.264 e. The van der Waals surface area contributed by atoms with E-state index in [-0.39, 0.29) is 10.0 Å². The van der Waals surface area contributed by atoms with E-state index in [1.165, 1.54) is 5.51 Å². The molecule has 3 N–H and O–H groups in total. The van der Waals surface area contributed by atoms with Crippen molar-refractivity contribution in [1.82, 2.24) is 10.2 Å². The third-order valence-electron chi connectivity index (χ3n) is 2.93. The van der Waals surface area contributed by atoms with E-state index in [0.717, 1.165) is 16.9 Å². The van der Waals surface area contributed by atoms with Crippen molar-refractivity contribution in [2.24, 2.45) is 0 Å². The molecule has 0 atom stereocenters. The molecule has 0 aliphatic rings. The minimum absolute atomic E-state index is 0.209. The van der Waals surface area contributed by atoms with Gasteiger partial charge in [-0.3, -0.25) is 4.72 Å². The van der Waals surface area contributed by atoms with Crippen LogP contribution in [0.5, 0.6) is 0 Å². The van der Waals surface area contributed by atoms with E-state index in [4.69, 9.17) is 5.73 Å². The lowest BCUT2D eigenvalue weighted by Crippen LogP contribution is -2.17. The van der Waals surface area contributed by atoms with Gasteiger partial charge in [0.15, 0.2) is 0 Å². The van der Waals surface area contributed by atoms with Crippen LogP contribution in [0, 0.1) is 20.8 Å². The first kappa shape index (κ1) is 13.8. The van der Waals surface area contributed by atoms with Gasteiger partial charge in [0.1, 0.15) is 5.51 Å². The van der Waals surface area contributed by atoms with Crippen LogP contribution in [0.4, 0.5) is 10.8 Å². The molecule has 0 amide bonds. The van der Waals surface area contributed by atoms with E-state index >= 15 is 0 Å². The Hall–Kier alpha value is -1.67. The zero-order chi connectivity index (χ0) is 14.2. The second kappa shape index (κ2) is 4.78. The van der Waals surface area contributed by atoms with Crippen LogP contribution in [-0.4, -0.2) is 18.6 Å². The van der Waals surface area contributed by atoms with Crippen LogP contribution in [0.3, 0.4) is 0 Å². The molecule has 0 bridgehead atoms. The van der Waals surface area contributed by atoms with Gasteiger partial charge in [0, 0.05) is 5.69 Å². The zero-order valence-electron chi connectivity index (χ0n) is 10.8. The zero-order valence-corrected chi connectivity index (χ0v) is 12.4. The Morgan fingerprint density at radius 1 is 1.26 bits per heavy atom. The van der Waals surface area contributed by atoms with E-state index in [1.807, 2.05) is 6.92 Å². The minimum Gasteiger partial charge on any atom is -0.398 e. The van der Waals surface area contributed by atoms with Crippen LogP contribution >= 0.6 is 11.3 Å². The molecule has 0 saturated heterocycles. The summed E-state index contributed by atoms with van der Waals surface area (Å²) in [7, 11) is -3.71. The number of hydrogen-bond donors (Lipinski definition) is 2. The van der Waals surface area contributed by atoms with Gasteiger partial charge < -0.3 is 5.73 Å². The summed E-state index contributed by atoms with van der Waals surface area (Å²) in [6, 6.07) is 1.77. The summed E-state index contributed by atoms with van der Waals surface area (Å²) in [4.78, 5) is 0.209. The van der Waals surface area contributed by atoms with Gasteiger partial charge in [-0.25, -0.2) is 8.42 Å². The second-order valence-electron chi connectivity index (χ2n) is 4.21. The monoisotopic (exact) mass is 298 g/mol. The van der Waals surface area contributed by atoms with Crippen molar-refractivity contribution in [1.29, 1.82) is 0 Å². The molecule has 0 radical (unpaired) electrons. The van der Waals surface area contributed by atoms with E-state index in [2.05, 4.69) is 14.9 Å². The van der Waals surface area contributed by atoms with Gasteiger partial charge in [0.25, 0.3) is 10.0 Å². The Morgan fingerprint density at radius 2 is 1.95 bits per heavy atom. The average Bonchev–Trinajstić information content (AvgIpc) is 2.78. The largest absolute Gasteiger partial charge is 0.398 e. The normalized spacial score (nSPS) is 11.5. The van der Waals surface area contributed by atoms with Crippen LogP contribution in [0.1, 0.15) is 16.7 Å². The Bertz CT molecular complexity index is 683. The van der Waals surface area contributed by atoms with Crippen LogP contribution in [0.25, 0.3) is 0 Å². The lowest BCUT2D eigenvalue weighted by Gasteiger charge is -2.15.